The second-order valence-electron chi connectivity index (χ2n) is 6.51. The van der Waals surface area contributed by atoms with Gasteiger partial charge in [0.15, 0.2) is 15.0 Å². The molecule has 0 unspecified atom stereocenters. The van der Waals surface area contributed by atoms with E-state index >= 15 is 0 Å². The van der Waals surface area contributed by atoms with Crippen LogP contribution in [-0.2, 0) is 15.6 Å². The van der Waals surface area contributed by atoms with Gasteiger partial charge in [-0.15, -0.1) is 0 Å². The topological polar surface area (TPSA) is 49.7 Å². The maximum absolute atomic E-state index is 14.6. The van der Waals surface area contributed by atoms with Crippen molar-refractivity contribution < 1.29 is 17.2 Å². The molecule has 0 aromatic heterocycles. The third kappa shape index (κ3) is 3.90. The van der Waals surface area contributed by atoms with E-state index in [0.29, 0.717) is 21.1 Å². The van der Waals surface area contributed by atoms with Crippen molar-refractivity contribution in [2.75, 3.05) is 16.4 Å². The van der Waals surface area contributed by atoms with Crippen LogP contribution in [0.2, 0.25) is 0 Å². The number of hydrogen-bond acceptors (Lipinski definition) is 5. The SMILES string of the molecule is O=S1(=O)C[C@@H]2N=C(SCc3cccc(F)c3)N(c3ccc(Br)cc3F)[C@H]2C1. The van der Waals surface area contributed by atoms with Gasteiger partial charge < -0.3 is 4.90 Å². The Morgan fingerprint density at radius 1 is 1.19 bits per heavy atom. The van der Waals surface area contributed by atoms with Crippen molar-refractivity contribution in [3.8, 4) is 0 Å². The number of nitrogens with zero attached hydrogens (tertiary/aromatic N) is 2. The predicted molar refractivity (Wildman–Crippen MR) is 108 cm³/mol. The summed E-state index contributed by atoms with van der Waals surface area (Å²) < 4.78 is 52.7. The summed E-state index contributed by atoms with van der Waals surface area (Å²) >= 11 is 4.59. The Morgan fingerprint density at radius 2 is 2.00 bits per heavy atom. The summed E-state index contributed by atoms with van der Waals surface area (Å²) in [6, 6.07) is 10.1. The molecular formula is C18H15BrF2N2O2S2. The minimum Gasteiger partial charge on any atom is -0.312 e. The molecule has 2 aliphatic heterocycles. The van der Waals surface area contributed by atoms with Crippen LogP contribution in [0.1, 0.15) is 5.56 Å². The highest BCUT2D eigenvalue weighted by molar-refractivity contribution is 9.10. The predicted octanol–water partition coefficient (Wildman–Crippen LogP) is 4.00. The third-order valence-corrected chi connectivity index (χ3v) is 7.76. The molecule has 0 saturated carbocycles. The van der Waals surface area contributed by atoms with Gasteiger partial charge in [-0.1, -0.05) is 39.8 Å². The van der Waals surface area contributed by atoms with Crippen LogP contribution >= 0.6 is 27.7 Å². The average molecular weight is 473 g/mol. The highest BCUT2D eigenvalue weighted by Gasteiger charge is 2.47. The van der Waals surface area contributed by atoms with Gasteiger partial charge in [0, 0.05) is 10.2 Å². The fourth-order valence-electron chi connectivity index (χ4n) is 3.37. The lowest BCUT2D eigenvalue weighted by atomic mass is 10.1. The van der Waals surface area contributed by atoms with Gasteiger partial charge >= 0.3 is 0 Å². The van der Waals surface area contributed by atoms with Gasteiger partial charge in [0.25, 0.3) is 0 Å². The molecule has 27 heavy (non-hydrogen) atoms. The van der Waals surface area contributed by atoms with Crippen molar-refractivity contribution >= 4 is 48.4 Å². The maximum atomic E-state index is 14.6. The molecule has 9 heteroatoms. The summed E-state index contributed by atoms with van der Waals surface area (Å²) in [5.41, 5.74) is 1.08. The van der Waals surface area contributed by atoms with Crippen molar-refractivity contribution in [2.24, 2.45) is 4.99 Å². The van der Waals surface area contributed by atoms with E-state index in [0.717, 1.165) is 5.56 Å². The molecule has 0 radical (unpaired) electrons. The molecule has 2 aliphatic rings. The smallest absolute Gasteiger partial charge is 0.164 e. The number of sulfone groups is 1. The summed E-state index contributed by atoms with van der Waals surface area (Å²) in [6.07, 6.45) is 0. The minimum atomic E-state index is -3.20. The van der Waals surface area contributed by atoms with Crippen molar-refractivity contribution in [1.29, 1.82) is 0 Å². The lowest BCUT2D eigenvalue weighted by molar-refractivity contribution is 0.600. The summed E-state index contributed by atoms with van der Waals surface area (Å²) in [4.78, 5) is 6.24. The molecular weight excluding hydrogens is 458 g/mol. The average Bonchev–Trinajstić information content (AvgIpc) is 3.05. The van der Waals surface area contributed by atoms with Crippen molar-refractivity contribution in [2.45, 2.75) is 17.8 Å². The Bertz CT molecular complexity index is 1030. The van der Waals surface area contributed by atoms with Crippen LogP contribution in [0.15, 0.2) is 51.9 Å². The number of thioether (sulfide) groups is 1. The molecule has 0 aliphatic carbocycles. The van der Waals surface area contributed by atoms with Crippen LogP contribution in [0.4, 0.5) is 14.5 Å². The highest BCUT2D eigenvalue weighted by Crippen LogP contribution is 2.37. The minimum absolute atomic E-state index is 0.0314. The summed E-state index contributed by atoms with van der Waals surface area (Å²) in [6.45, 7) is 0. The Balaban J connectivity index is 1.65. The summed E-state index contributed by atoms with van der Waals surface area (Å²) in [5, 5.41) is 0.561. The second-order valence-corrected chi connectivity index (χ2v) is 10.5. The molecule has 0 N–H and O–H groups in total. The van der Waals surface area contributed by atoms with E-state index in [-0.39, 0.29) is 17.3 Å². The number of rotatable bonds is 3. The summed E-state index contributed by atoms with van der Waals surface area (Å²) in [7, 11) is -3.20. The standard InChI is InChI=1S/C18H15BrF2N2O2S2/c19-12-4-5-16(14(21)7-12)23-17-10-27(24,25)9-15(17)22-18(23)26-8-11-2-1-3-13(20)6-11/h1-7,15,17H,8-10H2/t15-,17-/m0/s1. The van der Waals surface area contributed by atoms with E-state index in [9.17, 15) is 17.2 Å². The molecule has 4 rings (SSSR count). The van der Waals surface area contributed by atoms with Gasteiger partial charge in [-0.25, -0.2) is 17.2 Å². The Morgan fingerprint density at radius 3 is 2.74 bits per heavy atom. The van der Waals surface area contributed by atoms with E-state index in [4.69, 9.17) is 0 Å². The van der Waals surface area contributed by atoms with Crippen LogP contribution in [0, 0.1) is 11.6 Å². The Kier molecular flexibility index (Phi) is 5.02. The third-order valence-electron chi connectivity index (χ3n) is 4.53. The zero-order chi connectivity index (χ0) is 19.2. The Labute approximate surface area is 168 Å². The normalized spacial score (nSPS) is 23.4. The number of benzene rings is 2. The van der Waals surface area contributed by atoms with Crippen LogP contribution in [0.25, 0.3) is 0 Å². The molecule has 1 fully saturated rings. The summed E-state index contributed by atoms with van der Waals surface area (Å²) in [5.74, 6) is -0.400. The van der Waals surface area contributed by atoms with Crippen molar-refractivity contribution in [3.05, 3.63) is 64.1 Å². The lowest BCUT2D eigenvalue weighted by Crippen LogP contribution is -2.39. The largest absolute Gasteiger partial charge is 0.312 e. The molecule has 142 valence electrons. The van der Waals surface area contributed by atoms with E-state index in [1.54, 1.807) is 29.2 Å². The molecule has 0 bridgehead atoms. The number of aliphatic imine (C=N–C) groups is 1. The number of fused-ring (bicyclic) bond motifs is 1. The molecule has 1 saturated heterocycles. The van der Waals surface area contributed by atoms with E-state index in [2.05, 4.69) is 20.9 Å². The second kappa shape index (κ2) is 7.18. The van der Waals surface area contributed by atoms with Gasteiger partial charge in [-0.2, -0.15) is 0 Å². The lowest BCUT2D eigenvalue weighted by Gasteiger charge is -2.27. The van der Waals surface area contributed by atoms with Gasteiger partial charge in [-0.05, 0) is 35.9 Å². The number of hydrogen-bond donors (Lipinski definition) is 0. The molecule has 2 aromatic carbocycles. The molecule has 2 aromatic rings. The fraction of sp³-hybridized carbons (Fsp3) is 0.278. The van der Waals surface area contributed by atoms with Crippen LogP contribution < -0.4 is 4.90 Å². The first kappa shape index (κ1) is 18.9. The first-order valence-electron chi connectivity index (χ1n) is 8.22. The number of anilines is 1. The van der Waals surface area contributed by atoms with E-state index < -0.39 is 27.7 Å². The van der Waals surface area contributed by atoms with Crippen molar-refractivity contribution in [1.82, 2.24) is 0 Å². The number of halogens is 3. The van der Waals surface area contributed by atoms with E-state index in [1.807, 2.05) is 0 Å². The number of amidine groups is 1. The first-order valence-corrected chi connectivity index (χ1v) is 11.8. The maximum Gasteiger partial charge on any atom is 0.164 e. The molecule has 2 atom stereocenters. The quantitative estimate of drug-likeness (QED) is 0.677. The fourth-order valence-corrected chi connectivity index (χ4v) is 6.60. The first-order chi connectivity index (χ1) is 12.8. The molecule has 4 nitrogen and oxygen atoms in total. The molecule has 0 spiro atoms. The molecule has 2 heterocycles. The van der Waals surface area contributed by atoms with Gasteiger partial charge in [0.1, 0.15) is 11.6 Å². The van der Waals surface area contributed by atoms with Gasteiger partial charge in [-0.3, -0.25) is 4.99 Å². The van der Waals surface area contributed by atoms with Gasteiger partial charge in [0.2, 0.25) is 0 Å². The van der Waals surface area contributed by atoms with Gasteiger partial charge in [0.05, 0.1) is 29.3 Å². The Hall–Kier alpha value is -1.45. The van der Waals surface area contributed by atoms with E-state index in [1.165, 1.54) is 30.0 Å². The van der Waals surface area contributed by atoms with Crippen LogP contribution in [0.3, 0.4) is 0 Å². The van der Waals surface area contributed by atoms with Crippen LogP contribution in [0.5, 0.6) is 0 Å². The monoisotopic (exact) mass is 472 g/mol. The molecule has 0 amide bonds. The van der Waals surface area contributed by atoms with Crippen molar-refractivity contribution in [3.63, 3.8) is 0 Å². The zero-order valence-electron chi connectivity index (χ0n) is 14.0. The zero-order valence-corrected chi connectivity index (χ0v) is 17.2. The highest BCUT2D eigenvalue weighted by atomic mass is 79.9. The van der Waals surface area contributed by atoms with Crippen LogP contribution in [-0.4, -0.2) is 37.2 Å².